The average molecular weight is 586 g/mol. The molecule has 0 radical (unpaired) electrons. The number of rotatable bonds is 13. The Morgan fingerprint density at radius 2 is 1.93 bits per heavy atom. The summed E-state index contributed by atoms with van der Waals surface area (Å²) in [5.41, 5.74) is 0.476. The predicted molar refractivity (Wildman–Crippen MR) is 149 cm³/mol. The van der Waals surface area contributed by atoms with Gasteiger partial charge in [0.25, 0.3) is 0 Å². The zero-order valence-corrected chi connectivity index (χ0v) is 23.2. The lowest BCUT2D eigenvalue weighted by molar-refractivity contribution is -0.160. The Hall–Kier alpha value is -3.97. The van der Waals surface area contributed by atoms with Gasteiger partial charge in [0.2, 0.25) is 22.1 Å². The maximum Gasteiger partial charge on any atom is 0.373 e. The van der Waals surface area contributed by atoms with E-state index < -0.39 is 34.8 Å². The van der Waals surface area contributed by atoms with Crippen molar-refractivity contribution in [2.45, 2.75) is 23.5 Å². The second-order valence-corrected chi connectivity index (χ2v) is 10.9. The number of benzene rings is 2. The minimum atomic E-state index is -3.96. The minimum absolute atomic E-state index is 0.0268. The van der Waals surface area contributed by atoms with Crippen molar-refractivity contribution < 1.29 is 41.7 Å². The normalized spacial score (nSPS) is 17.1. The van der Waals surface area contributed by atoms with Crippen molar-refractivity contribution >= 4 is 27.0 Å². The molecule has 2 heterocycles. The van der Waals surface area contributed by atoms with E-state index in [-0.39, 0.29) is 48.8 Å². The Morgan fingerprint density at radius 1 is 1.17 bits per heavy atom. The molecule has 1 aliphatic rings. The molecule has 0 aliphatic carbocycles. The highest BCUT2D eigenvalue weighted by molar-refractivity contribution is 7.89. The number of esters is 1. The first-order chi connectivity index (χ1) is 19.8. The molecule has 0 bridgehead atoms. The van der Waals surface area contributed by atoms with Gasteiger partial charge >= 0.3 is 5.97 Å². The van der Waals surface area contributed by atoms with Crippen LogP contribution in [0, 0.1) is 0 Å². The van der Waals surface area contributed by atoms with Gasteiger partial charge in [0.05, 0.1) is 36.9 Å². The van der Waals surface area contributed by atoms with Gasteiger partial charge in [0.1, 0.15) is 17.9 Å². The number of hydrogen-bond donors (Lipinski definition) is 1. The van der Waals surface area contributed by atoms with Crippen LogP contribution in [-0.4, -0.2) is 70.1 Å². The van der Waals surface area contributed by atoms with Crippen molar-refractivity contribution in [2.75, 3.05) is 40.0 Å². The van der Waals surface area contributed by atoms with Crippen LogP contribution in [0.3, 0.4) is 0 Å². The first-order valence-corrected chi connectivity index (χ1v) is 14.3. The summed E-state index contributed by atoms with van der Waals surface area (Å²) in [5.74, 6) is -1.03. The van der Waals surface area contributed by atoms with Gasteiger partial charge in [-0.2, -0.15) is 4.31 Å². The third-order valence-electron chi connectivity index (χ3n) is 6.39. The molecule has 1 aromatic heterocycles. The van der Waals surface area contributed by atoms with Crippen LogP contribution in [0.15, 0.2) is 93.4 Å². The number of sulfonamides is 1. The number of hydrogen-bond acceptors (Lipinski definition) is 10. The van der Waals surface area contributed by atoms with E-state index >= 15 is 0 Å². The molecule has 12 heteroatoms. The third-order valence-corrected chi connectivity index (χ3v) is 8.30. The Morgan fingerprint density at radius 3 is 2.63 bits per heavy atom. The van der Waals surface area contributed by atoms with Crippen LogP contribution in [0.5, 0.6) is 5.75 Å². The lowest BCUT2D eigenvalue weighted by Gasteiger charge is -2.29. The summed E-state index contributed by atoms with van der Waals surface area (Å²) in [7, 11) is -2.48. The highest BCUT2D eigenvalue weighted by Crippen LogP contribution is 2.31. The summed E-state index contributed by atoms with van der Waals surface area (Å²) in [6.07, 6.45) is 3.38. The molecule has 11 nitrogen and oxygen atoms in total. The standard InChI is InChI=1S/C29H31NO10S/c1-3-15-38-29(33)26-17-20(24-19-39-25-7-5-4-6-23(25)28(24)32)18-27(40-26)37-16-13-30(12-14-31)41(34,35)22-10-8-21(36-2)9-11-22/h3-11,17,19-20,27,31H,1,12-16,18H2,2H3/t20-,27+/m1/s1. The molecule has 0 saturated heterocycles. The fraction of sp³-hybridized carbons (Fsp3) is 0.310. The first kappa shape index (κ1) is 30.0. The average Bonchev–Trinajstić information content (AvgIpc) is 2.99. The van der Waals surface area contributed by atoms with Gasteiger partial charge in [0.15, 0.2) is 5.43 Å². The molecule has 0 amide bonds. The van der Waals surface area contributed by atoms with Crippen LogP contribution < -0.4 is 10.2 Å². The van der Waals surface area contributed by atoms with Crippen molar-refractivity contribution in [2.24, 2.45) is 0 Å². The summed E-state index contributed by atoms with van der Waals surface area (Å²) in [6.45, 7) is 2.66. The Kier molecular flexibility index (Phi) is 9.95. The van der Waals surface area contributed by atoms with Gasteiger partial charge in [-0.05, 0) is 42.5 Å². The Balaban J connectivity index is 1.52. The number of nitrogens with zero attached hydrogens (tertiary/aromatic N) is 1. The number of aliphatic hydroxyl groups is 1. The van der Waals surface area contributed by atoms with Gasteiger partial charge in [0, 0.05) is 31.0 Å². The Bertz CT molecular complexity index is 1560. The van der Waals surface area contributed by atoms with Gasteiger partial charge < -0.3 is 28.5 Å². The van der Waals surface area contributed by atoms with Crippen molar-refractivity contribution in [3.05, 3.63) is 95.1 Å². The van der Waals surface area contributed by atoms with Crippen LogP contribution in [0.4, 0.5) is 0 Å². The zero-order valence-electron chi connectivity index (χ0n) is 22.4. The molecule has 1 N–H and O–H groups in total. The Labute approximate surface area is 237 Å². The lowest BCUT2D eigenvalue weighted by atomic mass is 9.93. The van der Waals surface area contributed by atoms with E-state index in [9.17, 15) is 23.1 Å². The largest absolute Gasteiger partial charge is 0.497 e. The van der Waals surface area contributed by atoms with Gasteiger partial charge in [-0.15, -0.1) is 0 Å². The van der Waals surface area contributed by atoms with Crippen molar-refractivity contribution in [3.63, 3.8) is 0 Å². The number of fused-ring (bicyclic) bond motifs is 1. The number of carbonyl (C=O) groups is 1. The molecule has 0 fully saturated rings. The van der Waals surface area contributed by atoms with E-state index in [2.05, 4.69) is 6.58 Å². The smallest absolute Gasteiger partial charge is 0.373 e. The maximum absolute atomic E-state index is 13.2. The predicted octanol–water partition coefficient (Wildman–Crippen LogP) is 2.94. The second kappa shape index (κ2) is 13.6. The van der Waals surface area contributed by atoms with Crippen LogP contribution in [0.2, 0.25) is 0 Å². The van der Waals surface area contributed by atoms with Crippen molar-refractivity contribution in [1.29, 1.82) is 0 Å². The molecule has 0 saturated carbocycles. The summed E-state index contributed by atoms with van der Waals surface area (Å²) in [6, 6.07) is 12.7. The molecule has 1 aliphatic heterocycles. The van der Waals surface area contributed by atoms with Crippen LogP contribution >= 0.6 is 0 Å². The zero-order chi connectivity index (χ0) is 29.4. The molecular weight excluding hydrogens is 554 g/mol. The summed E-state index contributed by atoms with van der Waals surface area (Å²) in [4.78, 5) is 25.9. The second-order valence-electron chi connectivity index (χ2n) is 9.00. The number of allylic oxidation sites excluding steroid dienone is 1. The molecule has 218 valence electrons. The molecule has 2 atom stereocenters. The monoisotopic (exact) mass is 585 g/mol. The number of ether oxygens (including phenoxy) is 4. The van der Waals surface area contributed by atoms with E-state index in [0.29, 0.717) is 22.3 Å². The number of aliphatic hydroxyl groups excluding tert-OH is 1. The fourth-order valence-electron chi connectivity index (χ4n) is 4.32. The summed E-state index contributed by atoms with van der Waals surface area (Å²) < 4.78 is 54.9. The van der Waals surface area contributed by atoms with Crippen molar-refractivity contribution in [1.82, 2.24) is 4.31 Å². The number of para-hydroxylation sites is 1. The highest BCUT2D eigenvalue weighted by Gasteiger charge is 2.32. The topological polar surface area (TPSA) is 142 Å². The quantitative estimate of drug-likeness (QED) is 0.235. The summed E-state index contributed by atoms with van der Waals surface area (Å²) in [5, 5.41) is 9.90. The molecule has 0 spiro atoms. The van der Waals surface area contributed by atoms with Gasteiger partial charge in [-0.3, -0.25) is 4.79 Å². The van der Waals surface area contributed by atoms with Gasteiger partial charge in [-0.1, -0.05) is 24.8 Å². The highest BCUT2D eigenvalue weighted by atomic mass is 32.2. The molecular formula is C29H31NO10S. The van der Waals surface area contributed by atoms with Crippen molar-refractivity contribution in [3.8, 4) is 5.75 Å². The van der Waals surface area contributed by atoms with E-state index in [1.807, 2.05) is 0 Å². The molecule has 0 unspecified atom stereocenters. The maximum atomic E-state index is 13.2. The van der Waals surface area contributed by atoms with E-state index in [0.717, 1.165) is 4.31 Å². The molecule has 2 aromatic carbocycles. The van der Waals surface area contributed by atoms with E-state index in [1.54, 1.807) is 24.3 Å². The SMILES string of the molecule is C=CCOC(=O)C1=C[C@@H](c2coc3ccccc3c2=O)C[C@@H](OCCN(CCO)S(=O)(=O)c2ccc(OC)cc2)O1. The van der Waals surface area contributed by atoms with Gasteiger partial charge in [-0.25, -0.2) is 13.2 Å². The van der Waals surface area contributed by atoms with Crippen LogP contribution in [0.1, 0.15) is 17.9 Å². The number of methoxy groups -OCH3 is 1. The molecule has 3 aromatic rings. The third kappa shape index (κ3) is 7.03. The van der Waals surface area contributed by atoms with E-state index in [1.165, 1.54) is 49.8 Å². The number of carbonyl (C=O) groups excluding carboxylic acids is 1. The molecule has 41 heavy (non-hydrogen) atoms. The summed E-state index contributed by atoms with van der Waals surface area (Å²) >= 11 is 0. The minimum Gasteiger partial charge on any atom is -0.497 e. The van der Waals surface area contributed by atoms with Crippen LogP contribution in [0.25, 0.3) is 11.0 Å². The fourth-order valence-corrected chi connectivity index (χ4v) is 5.74. The van der Waals surface area contributed by atoms with Crippen LogP contribution in [-0.2, 0) is 29.0 Å². The molecule has 4 rings (SSSR count). The lowest BCUT2D eigenvalue weighted by Crippen LogP contribution is -2.38. The van der Waals surface area contributed by atoms with E-state index in [4.69, 9.17) is 23.4 Å². The first-order valence-electron chi connectivity index (χ1n) is 12.8.